The summed E-state index contributed by atoms with van der Waals surface area (Å²) in [5, 5.41) is 18.0. The van der Waals surface area contributed by atoms with Crippen LogP contribution in [0.25, 0.3) is 0 Å². The monoisotopic (exact) mass is 190 g/mol. The van der Waals surface area contributed by atoms with E-state index in [1.165, 1.54) is 0 Å². The number of ether oxygens (including phenoxy) is 1. The molecule has 0 saturated carbocycles. The molecule has 0 heterocycles. The minimum atomic E-state index is -1.12. The van der Waals surface area contributed by atoms with Crippen molar-refractivity contribution in [1.82, 2.24) is 0 Å². The van der Waals surface area contributed by atoms with Gasteiger partial charge >= 0.3 is 5.97 Å². The van der Waals surface area contributed by atoms with Crippen molar-refractivity contribution in [1.29, 1.82) is 0 Å². The predicted octanol–water partition coefficient (Wildman–Crippen LogP) is 0.321. The van der Waals surface area contributed by atoms with Gasteiger partial charge in [-0.15, -0.1) is 0 Å². The number of rotatable bonds is 6. The van der Waals surface area contributed by atoms with Crippen molar-refractivity contribution in [2.75, 3.05) is 19.8 Å². The molecule has 0 bridgehead atoms. The fourth-order valence-electron chi connectivity index (χ4n) is 0.895. The number of carbonyl (C=O) groups excluding carboxylic acids is 1. The average molecular weight is 190 g/mol. The molecular weight excluding hydrogens is 172 g/mol. The lowest BCUT2D eigenvalue weighted by atomic mass is 9.87. The van der Waals surface area contributed by atoms with Gasteiger partial charge in [-0.3, -0.25) is 4.79 Å². The van der Waals surface area contributed by atoms with E-state index in [4.69, 9.17) is 14.9 Å². The molecule has 0 atom stereocenters. The molecular formula is C9H18O4. The Balaban J connectivity index is 4.26. The minimum Gasteiger partial charge on any atom is -0.465 e. The molecule has 0 aromatic carbocycles. The highest BCUT2D eigenvalue weighted by molar-refractivity contribution is 5.77. The Labute approximate surface area is 78.5 Å². The second-order valence-corrected chi connectivity index (χ2v) is 3.09. The standard InChI is InChI=1S/C9H18O4/c1-3-5-13-8(12)9(4-2,6-10)7-11/h10-11H,3-7H2,1-2H3. The van der Waals surface area contributed by atoms with Crippen LogP contribution in [0.4, 0.5) is 0 Å². The Morgan fingerprint density at radius 2 is 1.85 bits per heavy atom. The van der Waals surface area contributed by atoms with Crippen LogP contribution in [0.15, 0.2) is 0 Å². The van der Waals surface area contributed by atoms with Crippen molar-refractivity contribution >= 4 is 5.97 Å². The molecule has 0 aliphatic rings. The van der Waals surface area contributed by atoms with Gasteiger partial charge in [0.05, 0.1) is 19.8 Å². The third-order valence-corrected chi connectivity index (χ3v) is 2.15. The van der Waals surface area contributed by atoms with Gasteiger partial charge in [0.1, 0.15) is 5.41 Å². The van der Waals surface area contributed by atoms with Gasteiger partial charge in [0.15, 0.2) is 0 Å². The Hall–Kier alpha value is -0.610. The molecule has 13 heavy (non-hydrogen) atoms. The summed E-state index contributed by atoms with van der Waals surface area (Å²) in [5.41, 5.74) is -1.12. The lowest BCUT2D eigenvalue weighted by Crippen LogP contribution is -2.39. The predicted molar refractivity (Wildman–Crippen MR) is 48.1 cm³/mol. The summed E-state index contributed by atoms with van der Waals surface area (Å²) in [5.74, 6) is -0.512. The summed E-state index contributed by atoms with van der Waals surface area (Å²) < 4.78 is 4.87. The molecule has 0 unspecified atom stereocenters. The quantitative estimate of drug-likeness (QED) is 0.592. The van der Waals surface area contributed by atoms with E-state index < -0.39 is 11.4 Å². The molecule has 0 aliphatic heterocycles. The average Bonchev–Trinajstić information content (AvgIpc) is 2.18. The van der Waals surface area contributed by atoms with Crippen LogP contribution in [0, 0.1) is 5.41 Å². The van der Waals surface area contributed by atoms with Gasteiger partial charge in [-0.1, -0.05) is 13.8 Å². The minimum absolute atomic E-state index is 0.334. The molecule has 2 N–H and O–H groups in total. The van der Waals surface area contributed by atoms with Gasteiger partial charge < -0.3 is 14.9 Å². The van der Waals surface area contributed by atoms with Crippen LogP contribution in [0.1, 0.15) is 26.7 Å². The molecule has 4 heteroatoms. The number of carbonyl (C=O) groups is 1. The molecule has 4 nitrogen and oxygen atoms in total. The molecule has 0 radical (unpaired) electrons. The van der Waals surface area contributed by atoms with Crippen molar-refractivity contribution in [3.8, 4) is 0 Å². The maximum atomic E-state index is 11.4. The molecule has 0 aliphatic carbocycles. The fraction of sp³-hybridized carbons (Fsp3) is 0.889. The van der Waals surface area contributed by atoms with Gasteiger partial charge in [0, 0.05) is 0 Å². The Morgan fingerprint density at radius 3 is 2.15 bits per heavy atom. The summed E-state index contributed by atoms with van der Waals surface area (Å²) >= 11 is 0. The first-order valence-electron chi connectivity index (χ1n) is 4.55. The van der Waals surface area contributed by atoms with Crippen LogP contribution in [-0.4, -0.2) is 36.0 Å². The molecule has 0 spiro atoms. The highest BCUT2D eigenvalue weighted by Gasteiger charge is 2.37. The van der Waals surface area contributed by atoms with Gasteiger partial charge in [-0.2, -0.15) is 0 Å². The van der Waals surface area contributed by atoms with E-state index in [0.29, 0.717) is 13.0 Å². The number of aliphatic hydroxyl groups excluding tert-OH is 2. The first-order chi connectivity index (χ1) is 6.16. The van der Waals surface area contributed by atoms with Crippen molar-refractivity contribution in [3.63, 3.8) is 0 Å². The van der Waals surface area contributed by atoms with Crippen molar-refractivity contribution in [2.24, 2.45) is 5.41 Å². The van der Waals surface area contributed by atoms with E-state index in [0.717, 1.165) is 6.42 Å². The third-order valence-electron chi connectivity index (χ3n) is 2.15. The van der Waals surface area contributed by atoms with Crippen molar-refractivity contribution in [2.45, 2.75) is 26.7 Å². The van der Waals surface area contributed by atoms with Crippen molar-refractivity contribution in [3.05, 3.63) is 0 Å². The molecule has 0 aromatic rings. The van der Waals surface area contributed by atoms with Crippen molar-refractivity contribution < 1.29 is 19.7 Å². The Bertz CT molecular complexity index is 143. The Morgan fingerprint density at radius 1 is 1.31 bits per heavy atom. The maximum absolute atomic E-state index is 11.4. The van der Waals surface area contributed by atoms with E-state index in [9.17, 15) is 4.79 Å². The summed E-state index contributed by atoms with van der Waals surface area (Å²) in [6.45, 7) is 3.21. The summed E-state index contributed by atoms with van der Waals surface area (Å²) in [4.78, 5) is 11.4. The van der Waals surface area contributed by atoms with Crippen LogP contribution in [0.5, 0.6) is 0 Å². The third kappa shape index (κ3) is 2.97. The molecule has 0 fully saturated rings. The molecule has 0 saturated heterocycles. The summed E-state index contributed by atoms with van der Waals surface area (Å²) in [7, 11) is 0. The SMILES string of the molecule is CCCOC(=O)C(CC)(CO)CO. The number of hydrogen-bond donors (Lipinski definition) is 2. The van der Waals surface area contributed by atoms with Crippen LogP contribution in [-0.2, 0) is 9.53 Å². The highest BCUT2D eigenvalue weighted by Crippen LogP contribution is 2.22. The van der Waals surface area contributed by atoms with Crippen LogP contribution < -0.4 is 0 Å². The fourth-order valence-corrected chi connectivity index (χ4v) is 0.895. The largest absolute Gasteiger partial charge is 0.465 e. The first kappa shape index (κ1) is 12.4. The van der Waals surface area contributed by atoms with E-state index in [1.54, 1.807) is 6.92 Å². The Kier molecular flexibility index (Phi) is 5.66. The number of esters is 1. The smallest absolute Gasteiger partial charge is 0.316 e. The lowest BCUT2D eigenvalue weighted by Gasteiger charge is -2.25. The number of hydrogen-bond acceptors (Lipinski definition) is 4. The second kappa shape index (κ2) is 5.94. The van der Waals surface area contributed by atoms with E-state index in [1.807, 2.05) is 6.92 Å². The highest BCUT2D eigenvalue weighted by atomic mass is 16.5. The number of aliphatic hydroxyl groups is 2. The zero-order valence-electron chi connectivity index (χ0n) is 8.25. The molecule has 78 valence electrons. The first-order valence-corrected chi connectivity index (χ1v) is 4.55. The van der Waals surface area contributed by atoms with Gasteiger partial charge in [-0.05, 0) is 12.8 Å². The van der Waals surface area contributed by atoms with Crippen LogP contribution in [0.2, 0.25) is 0 Å². The maximum Gasteiger partial charge on any atom is 0.316 e. The van der Waals surface area contributed by atoms with E-state index >= 15 is 0 Å². The normalized spacial score (nSPS) is 11.4. The summed E-state index contributed by atoms with van der Waals surface area (Å²) in [6, 6.07) is 0. The van der Waals surface area contributed by atoms with Gasteiger partial charge in [0.25, 0.3) is 0 Å². The van der Waals surface area contributed by atoms with E-state index in [2.05, 4.69) is 0 Å². The topological polar surface area (TPSA) is 66.8 Å². The van der Waals surface area contributed by atoms with Crippen LogP contribution in [0.3, 0.4) is 0 Å². The zero-order valence-corrected chi connectivity index (χ0v) is 8.25. The van der Waals surface area contributed by atoms with Gasteiger partial charge in [0.2, 0.25) is 0 Å². The lowest BCUT2D eigenvalue weighted by molar-refractivity contribution is -0.162. The van der Waals surface area contributed by atoms with Crippen LogP contribution >= 0.6 is 0 Å². The molecule has 0 amide bonds. The summed E-state index contributed by atoms with van der Waals surface area (Å²) in [6.07, 6.45) is 1.12. The molecule has 0 rings (SSSR count). The van der Waals surface area contributed by atoms with E-state index in [-0.39, 0.29) is 13.2 Å². The second-order valence-electron chi connectivity index (χ2n) is 3.09. The zero-order chi connectivity index (χ0) is 10.3. The molecule has 0 aromatic heterocycles. The van der Waals surface area contributed by atoms with Gasteiger partial charge in [-0.25, -0.2) is 0 Å².